The Morgan fingerprint density at radius 2 is 2.27 bits per heavy atom. The van der Waals surface area contributed by atoms with Gasteiger partial charge in [0.1, 0.15) is 0 Å². The second-order valence-electron chi connectivity index (χ2n) is 3.54. The van der Waals surface area contributed by atoms with Crippen LogP contribution in [0.1, 0.15) is 39.5 Å². The van der Waals surface area contributed by atoms with Gasteiger partial charge >= 0.3 is 0 Å². The van der Waals surface area contributed by atoms with Crippen molar-refractivity contribution in [2.24, 2.45) is 0 Å². The van der Waals surface area contributed by atoms with E-state index in [1.165, 1.54) is 19.3 Å². The second kappa shape index (κ2) is 3.23. The number of rotatable bonds is 4. The molecule has 0 aliphatic heterocycles. The molecule has 2 heteroatoms. The molecule has 1 atom stereocenters. The van der Waals surface area contributed by atoms with Crippen molar-refractivity contribution in [3.63, 3.8) is 0 Å². The van der Waals surface area contributed by atoms with E-state index in [0.29, 0.717) is 18.0 Å². The van der Waals surface area contributed by atoms with Gasteiger partial charge in [-0.1, -0.05) is 6.92 Å². The maximum Gasteiger partial charge on any atom is 0.0638 e. The molecule has 1 saturated carbocycles. The summed E-state index contributed by atoms with van der Waals surface area (Å²) in [6.07, 6.45) is 4.41. The topological polar surface area (TPSA) is 35.8 Å². The summed E-state index contributed by atoms with van der Waals surface area (Å²) < 4.78 is 0. The summed E-state index contributed by atoms with van der Waals surface area (Å²) in [6, 6.07) is 2.54. The lowest BCUT2D eigenvalue weighted by Gasteiger charge is -2.19. The van der Waals surface area contributed by atoms with Crippen molar-refractivity contribution >= 4 is 0 Å². The average molecular weight is 152 g/mol. The van der Waals surface area contributed by atoms with Crippen LogP contribution in [0.25, 0.3) is 0 Å². The van der Waals surface area contributed by atoms with Crippen molar-refractivity contribution in [1.29, 1.82) is 5.26 Å². The third-order valence-corrected chi connectivity index (χ3v) is 2.48. The summed E-state index contributed by atoms with van der Waals surface area (Å²) in [6.45, 7) is 4.29. The molecule has 0 aromatic rings. The fourth-order valence-corrected chi connectivity index (χ4v) is 1.46. The Labute approximate surface area is 68.6 Å². The molecule has 2 nitrogen and oxygen atoms in total. The Hall–Kier alpha value is -0.550. The highest BCUT2D eigenvalue weighted by molar-refractivity contribution is 5.02. The van der Waals surface area contributed by atoms with E-state index in [2.05, 4.69) is 25.2 Å². The number of nitrogens with one attached hydrogen (secondary N) is 1. The maximum atomic E-state index is 8.44. The molecule has 0 heterocycles. The summed E-state index contributed by atoms with van der Waals surface area (Å²) in [5.41, 5.74) is 0.413. The third-order valence-electron chi connectivity index (χ3n) is 2.48. The van der Waals surface area contributed by atoms with Crippen LogP contribution in [0.5, 0.6) is 0 Å². The van der Waals surface area contributed by atoms with Crippen LogP contribution in [0.4, 0.5) is 0 Å². The lowest BCUT2D eigenvalue weighted by atomic mass is 10.1. The second-order valence-corrected chi connectivity index (χ2v) is 3.54. The van der Waals surface area contributed by atoms with Gasteiger partial charge in [0.2, 0.25) is 0 Å². The van der Waals surface area contributed by atoms with Crippen molar-refractivity contribution in [2.45, 2.75) is 51.1 Å². The minimum Gasteiger partial charge on any atom is -0.308 e. The summed E-state index contributed by atoms with van der Waals surface area (Å²) >= 11 is 0. The van der Waals surface area contributed by atoms with E-state index < -0.39 is 0 Å². The van der Waals surface area contributed by atoms with Crippen molar-refractivity contribution < 1.29 is 0 Å². The van der Waals surface area contributed by atoms with Crippen LogP contribution < -0.4 is 5.32 Å². The molecular weight excluding hydrogens is 136 g/mol. The van der Waals surface area contributed by atoms with Crippen molar-refractivity contribution in [2.75, 3.05) is 0 Å². The summed E-state index contributed by atoms with van der Waals surface area (Å²) in [4.78, 5) is 0. The van der Waals surface area contributed by atoms with Crippen LogP contribution >= 0.6 is 0 Å². The Kier molecular flexibility index (Phi) is 2.51. The Bertz CT molecular complexity index is 165. The fraction of sp³-hybridized carbons (Fsp3) is 0.889. The molecular formula is C9H16N2. The van der Waals surface area contributed by atoms with Crippen LogP contribution in [0.2, 0.25) is 0 Å². The van der Waals surface area contributed by atoms with E-state index >= 15 is 0 Å². The maximum absolute atomic E-state index is 8.44. The first-order valence-corrected chi connectivity index (χ1v) is 4.37. The molecule has 0 aromatic carbocycles. The van der Waals surface area contributed by atoms with Crippen molar-refractivity contribution in [3.8, 4) is 6.07 Å². The van der Waals surface area contributed by atoms with Crippen LogP contribution in [-0.2, 0) is 0 Å². The molecule has 0 saturated heterocycles. The zero-order valence-corrected chi connectivity index (χ0v) is 7.35. The lowest BCUT2D eigenvalue weighted by Crippen LogP contribution is -2.37. The smallest absolute Gasteiger partial charge is 0.0638 e. The molecule has 0 aromatic heterocycles. The molecule has 1 rings (SSSR count). The number of hydrogen-bond acceptors (Lipinski definition) is 2. The fourth-order valence-electron chi connectivity index (χ4n) is 1.46. The van der Waals surface area contributed by atoms with Crippen molar-refractivity contribution in [1.82, 2.24) is 5.32 Å². The summed E-state index contributed by atoms with van der Waals surface area (Å²) in [5.74, 6) is 0. The van der Waals surface area contributed by atoms with Gasteiger partial charge in [0.15, 0.2) is 0 Å². The van der Waals surface area contributed by atoms with Gasteiger partial charge in [-0.25, -0.2) is 0 Å². The Morgan fingerprint density at radius 1 is 1.64 bits per heavy atom. The third kappa shape index (κ3) is 2.20. The summed E-state index contributed by atoms with van der Waals surface area (Å²) in [5, 5.41) is 11.9. The SMILES string of the molecule is CCC1(NC(C)CC#N)CC1. The molecule has 1 fully saturated rings. The Morgan fingerprint density at radius 3 is 2.64 bits per heavy atom. The zero-order valence-electron chi connectivity index (χ0n) is 7.35. The van der Waals surface area contributed by atoms with E-state index in [0.717, 1.165) is 0 Å². The van der Waals surface area contributed by atoms with Gasteiger partial charge < -0.3 is 5.32 Å². The molecule has 62 valence electrons. The molecule has 0 spiro atoms. The first-order chi connectivity index (χ1) is 5.22. The molecule has 0 amide bonds. The highest BCUT2D eigenvalue weighted by atomic mass is 15.0. The van der Waals surface area contributed by atoms with Gasteiger partial charge in [0, 0.05) is 11.6 Å². The van der Waals surface area contributed by atoms with E-state index in [4.69, 9.17) is 5.26 Å². The van der Waals surface area contributed by atoms with E-state index in [1.807, 2.05) is 0 Å². The van der Waals surface area contributed by atoms with E-state index in [-0.39, 0.29) is 0 Å². The van der Waals surface area contributed by atoms with Crippen LogP contribution in [0, 0.1) is 11.3 Å². The summed E-state index contributed by atoms with van der Waals surface area (Å²) in [7, 11) is 0. The number of hydrogen-bond donors (Lipinski definition) is 1. The standard InChI is InChI=1S/C9H16N2/c1-3-9(5-6-9)11-8(2)4-7-10/h8,11H,3-6H2,1-2H3. The van der Waals surface area contributed by atoms with Crippen LogP contribution in [0.3, 0.4) is 0 Å². The average Bonchev–Trinajstić information content (AvgIpc) is 2.70. The molecule has 1 aliphatic rings. The Balaban J connectivity index is 2.25. The van der Waals surface area contributed by atoms with Gasteiger partial charge in [-0.3, -0.25) is 0 Å². The predicted octanol–water partition coefficient (Wildman–Crippen LogP) is 1.82. The molecule has 11 heavy (non-hydrogen) atoms. The van der Waals surface area contributed by atoms with Crippen LogP contribution in [0.15, 0.2) is 0 Å². The number of nitriles is 1. The van der Waals surface area contributed by atoms with Gasteiger partial charge in [-0.05, 0) is 26.2 Å². The lowest BCUT2D eigenvalue weighted by molar-refractivity contribution is 0.421. The van der Waals surface area contributed by atoms with E-state index in [1.54, 1.807) is 0 Å². The first-order valence-electron chi connectivity index (χ1n) is 4.37. The minimum atomic E-state index is 0.363. The first kappa shape index (κ1) is 8.55. The highest BCUT2D eigenvalue weighted by Crippen LogP contribution is 2.38. The minimum absolute atomic E-state index is 0.363. The molecule has 0 bridgehead atoms. The van der Waals surface area contributed by atoms with Crippen LogP contribution in [-0.4, -0.2) is 11.6 Å². The zero-order chi connectivity index (χ0) is 8.32. The van der Waals surface area contributed by atoms with Gasteiger partial charge in [-0.2, -0.15) is 5.26 Å². The van der Waals surface area contributed by atoms with E-state index in [9.17, 15) is 0 Å². The van der Waals surface area contributed by atoms with Crippen molar-refractivity contribution in [3.05, 3.63) is 0 Å². The molecule has 0 radical (unpaired) electrons. The molecule has 1 N–H and O–H groups in total. The number of nitrogens with zero attached hydrogens (tertiary/aromatic N) is 1. The highest BCUT2D eigenvalue weighted by Gasteiger charge is 2.40. The van der Waals surface area contributed by atoms with Gasteiger partial charge in [0.25, 0.3) is 0 Å². The normalized spacial score (nSPS) is 22.3. The largest absolute Gasteiger partial charge is 0.308 e. The predicted molar refractivity (Wildman–Crippen MR) is 45.1 cm³/mol. The molecule has 1 unspecified atom stereocenters. The van der Waals surface area contributed by atoms with Gasteiger partial charge in [-0.15, -0.1) is 0 Å². The monoisotopic (exact) mass is 152 g/mol. The quantitative estimate of drug-likeness (QED) is 0.667. The van der Waals surface area contributed by atoms with Gasteiger partial charge in [0.05, 0.1) is 12.5 Å². The molecule has 1 aliphatic carbocycles.